The number of likely N-dealkylation sites (tertiary alicyclic amines) is 1. The van der Waals surface area contributed by atoms with Crippen molar-refractivity contribution < 1.29 is 24.2 Å². The second-order valence-electron chi connectivity index (χ2n) is 6.41. The van der Waals surface area contributed by atoms with Crippen LogP contribution in [0.1, 0.15) is 37.7 Å². The predicted molar refractivity (Wildman–Crippen MR) is 97.5 cm³/mol. The summed E-state index contributed by atoms with van der Waals surface area (Å²) in [4.78, 5) is 24.5. The van der Waals surface area contributed by atoms with Gasteiger partial charge in [-0.05, 0) is 43.6 Å². The van der Waals surface area contributed by atoms with E-state index in [2.05, 4.69) is 10.2 Å². The molecule has 1 aromatic carbocycles. The molecule has 2 rings (SSSR count). The number of methoxy groups -OCH3 is 1. The first kappa shape index (κ1) is 20.0. The number of piperidine rings is 1. The van der Waals surface area contributed by atoms with Gasteiger partial charge in [0, 0.05) is 19.5 Å². The molecule has 1 fully saturated rings. The maximum absolute atomic E-state index is 11.6. The van der Waals surface area contributed by atoms with Crippen molar-refractivity contribution in [2.75, 3.05) is 33.4 Å². The number of carboxylic acids is 1. The van der Waals surface area contributed by atoms with Gasteiger partial charge in [0.15, 0.2) is 11.5 Å². The molecule has 0 radical (unpaired) electrons. The van der Waals surface area contributed by atoms with Crippen LogP contribution in [0.2, 0.25) is 0 Å². The van der Waals surface area contributed by atoms with Crippen molar-refractivity contribution in [1.29, 1.82) is 0 Å². The van der Waals surface area contributed by atoms with Crippen LogP contribution in [0.3, 0.4) is 0 Å². The Hall–Kier alpha value is -2.28. The summed E-state index contributed by atoms with van der Waals surface area (Å²) in [5.74, 6) is 0.0486. The third-order valence-electron chi connectivity index (χ3n) is 4.40. The highest BCUT2D eigenvalue weighted by molar-refractivity contribution is 5.80. The van der Waals surface area contributed by atoms with Crippen molar-refractivity contribution >= 4 is 11.9 Å². The zero-order valence-corrected chi connectivity index (χ0v) is 15.3. The zero-order valence-electron chi connectivity index (χ0n) is 15.3. The fraction of sp³-hybridized carbons (Fsp3) is 0.579. The van der Waals surface area contributed by atoms with Gasteiger partial charge < -0.3 is 19.9 Å². The first-order valence-electron chi connectivity index (χ1n) is 9.09. The summed E-state index contributed by atoms with van der Waals surface area (Å²) in [5.41, 5.74) is 0.869. The lowest BCUT2D eigenvalue weighted by molar-refractivity contribution is -0.138. The minimum atomic E-state index is -0.979. The summed E-state index contributed by atoms with van der Waals surface area (Å²) >= 11 is 0. The Labute approximate surface area is 154 Å². The largest absolute Gasteiger partial charge is 0.493 e. The molecule has 0 unspecified atom stereocenters. The van der Waals surface area contributed by atoms with Crippen LogP contribution in [0.4, 0.5) is 0 Å². The minimum absolute atomic E-state index is 0.0236. The molecule has 1 heterocycles. The van der Waals surface area contributed by atoms with Crippen molar-refractivity contribution in [2.24, 2.45) is 0 Å². The maximum atomic E-state index is 11.6. The Kier molecular flexibility index (Phi) is 8.21. The molecule has 7 nitrogen and oxygen atoms in total. The third-order valence-corrected chi connectivity index (χ3v) is 4.40. The molecular formula is C19H28N2O5. The molecule has 7 heteroatoms. The van der Waals surface area contributed by atoms with Crippen molar-refractivity contribution in [3.8, 4) is 11.5 Å². The predicted octanol–water partition coefficient (Wildman–Crippen LogP) is 2.04. The number of nitrogens with zero attached hydrogens (tertiary/aromatic N) is 1. The SMILES string of the molecule is COc1cc(CNC(=O)CCC(=O)O)ccc1OCCN1CCCCC1. The number of benzene rings is 1. The van der Waals surface area contributed by atoms with Crippen molar-refractivity contribution in [3.63, 3.8) is 0 Å². The Morgan fingerprint density at radius 3 is 2.62 bits per heavy atom. The van der Waals surface area contributed by atoms with Crippen LogP contribution in [-0.2, 0) is 16.1 Å². The maximum Gasteiger partial charge on any atom is 0.303 e. The molecule has 144 valence electrons. The van der Waals surface area contributed by atoms with E-state index in [0.717, 1.165) is 25.2 Å². The average Bonchev–Trinajstić information content (AvgIpc) is 2.66. The van der Waals surface area contributed by atoms with Gasteiger partial charge in [-0.15, -0.1) is 0 Å². The van der Waals surface area contributed by atoms with E-state index in [-0.39, 0.29) is 18.7 Å². The molecule has 1 aromatic rings. The van der Waals surface area contributed by atoms with Crippen LogP contribution >= 0.6 is 0 Å². The van der Waals surface area contributed by atoms with Gasteiger partial charge in [-0.2, -0.15) is 0 Å². The van der Waals surface area contributed by atoms with Crippen LogP contribution in [0.25, 0.3) is 0 Å². The average molecular weight is 364 g/mol. The van der Waals surface area contributed by atoms with Gasteiger partial charge in [0.1, 0.15) is 6.61 Å². The number of carboxylic acid groups (broad SMARTS) is 1. The highest BCUT2D eigenvalue weighted by Gasteiger charge is 2.11. The Morgan fingerprint density at radius 1 is 1.15 bits per heavy atom. The summed E-state index contributed by atoms with van der Waals surface area (Å²) < 4.78 is 11.2. The van der Waals surface area contributed by atoms with Gasteiger partial charge in [0.2, 0.25) is 5.91 Å². The highest BCUT2D eigenvalue weighted by atomic mass is 16.5. The zero-order chi connectivity index (χ0) is 18.8. The van der Waals surface area contributed by atoms with E-state index < -0.39 is 5.97 Å². The molecule has 1 amide bonds. The fourth-order valence-electron chi connectivity index (χ4n) is 2.92. The van der Waals surface area contributed by atoms with Crippen LogP contribution < -0.4 is 14.8 Å². The first-order chi connectivity index (χ1) is 12.6. The van der Waals surface area contributed by atoms with Gasteiger partial charge in [0.25, 0.3) is 0 Å². The highest BCUT2D eigenvalue weighted by Crippen LogP contribution is 2.28. The number of amides is 1. The summed E-state index contributed by atoms with van der Waals surface area (Å²) in [6.07, 6.45) is 3.65. The summed E-state index contributed by atoms with van der Waals surface area (Å²) in [6, 6.07) is 5.54. The van der Waals surface area contributed by atoms with Crippen LogP contribution in [0.15, 0.2) is 18.2 Å². The van der Waals surface area contributed by atoms with E-state index >= 15 is 0 Å². The summed E-state index contributed by atoms with van der Waals surface area (Å²) in [6.45, 7) is 4.12. The lowest BCUT2D eigenvalue weighted by Gasteiger charge is -2.26. The molecule has 1 aliphatic rings. The Bertz CT molecular complexity index is 600. The molecule has 1 saturated heterocycles. The van der Waals surface area contributed by atoms with E-state index in [1.165, 1.54) is 19.3 Å². The van der Waals surface area contributed by atoms with E-state index in [1.54, 1.807) is 7.11 Å². The van der Waals surface area contributed by atoms with Gasteiger partial charge in [0.05, 0.1) is 13.5 Å². The smallest absolute Gasteiger partial charge is 0.303 e. The van der Waals surface area contributed by atoms with Crippen LogP contribution in [-0.4, -0.2) is 55.2 Å². The number of nitrogens with one attached hydrogen (secondary N) is 1. The van der Waals surface area contributed by atoms with Crippen molar-refractivity contribution in [1.82, 2.24) is 10.2 Å². The number of rotatable bonds is 10. The summed E-state index contributed by atoms with van der Waals surface area (Å²) in [7, 11) is 1.59. The molecule has 1 aliphatic heterocycles. The van der Waals surface area contributed by atoms with Crippen LogP contribution in [0, 0.1) is 0 Å². The number of carbonyl (C=O) groups excluding carboxylic acids is 1. The minimum Gasteiger partial charge on any atom is -0.493 e. The second-order valence-corrected chi connectivity index (χ2v) is 6.41. The normalized spacial score (nSPS) is 14.7. The Morgan fingerprint density at radius 2 is 1.92 bits per heavy atom. The molecule has 0 spiro atoms. The van der Waals surface area contributed by atoms with E-state index in [0.29, 0.717) is 24.7 Å². The van der Waals surface area contributed by atoms with E-state index in [1.807, 2.05) is 18.2 Å². The standard InChI is InChI=1S/C19H28N2O5/c1-25-17-13-15(14-20-18(22)7-8-19(23)24)5-6-16(17)26-12-11-21-9-3-2-4-10-21/h5-6,13H,2-4,7-12,14H2,1H3,(H,20,22)(H,23,24). The van der Waals surface area contributed by atoms with Gasteiger partial charge in [-0.25, -0.2) is 0 Å². The monoisotopic (exact) mass is 364 g/mol. The lowest BCUT2D eigenvalue weighted by Crippen LogP contribution is -2.33. The molecule has 0 atom stereocenters. The molecule has 0 aliphatic carbocycles. The number of ether oxygens (including phenoxy) is 2. The number of hydrogen-bond donors (Lipinski definition) is 2. The fourth-order valence-corrected chi connectivity index (χ4v) is 2.92. The van der Waals surface area contributed by atoms with Crippen molar-refractivity contribution in [2.45, 2.75) is 38.6 Å². The molecule has 0 aromatic heterocycles. The Balaban J connectivity index is 1.80. The molecular weight excluding hydrogens is 336 g/mol. The van der Waals surface area contributed by atoms with E-state index in [9.17, 15) is 9.59 Å². The second kappa shape index (κ2) is 10.7. The molecule has 0 bridgehead atoms. The first-order valence-corrected chi connectivity index (χ1v) is 9.09. The van der Waals surface area contributed by atoms with Gasteiger partial charge in [-0.3, -0.25) is 14.5 Å². The molecule has 0 saturated carbocycles. The van der Waals surface area contributed by atoms with E-state index in [4.69, 9.17) is 14.6 Å². The third kappa shape index (κ3) is 6.92. The lowest BCUT2D eigenvalue weighted by atomic mass is 10.1. The molecule has 26 heavy (non-hydrogen) atoms. The quantitative estimate of drug-likeness (QED) is 0.661. The van der Waals surface area contributed by atoms with Crippen LogP contribution in [0.5, 0.6) is 11.5 Å². The molecule has 2 N–H and O–H groups in total. The van der Waals surface area contributed by atoms with Gasteiger partial charge >= 0.3 is 5.97 Å². The topological polar surface area (TPSA) is 88.1 Å². The van der Waals surface area contributed by atoms with Crippen molar-refractivity contribution in [3.05, 3.63) is 23.8 Å². The number of aliphatic carboxylic acids is 1. The summed E-state index contributed by atoms with van der Waals surface area (Å²) in [5, 5.41) is 11.3. The van der Waals surface area contributed by atoms with Gasteiger partial charge in [-0.1, -0.05) is 12.5 Å². The number of hydrogen-bond acceptors (Lipinski definition) is 5. The number of carbonyl (C=O) groups is 2.